The summed E-state index contributed by atoms with van der Waals surface area (Å²) in [7, 11) is 0. The van der Waals surface area contributed by atoms with Gasteiger partial charge in [0.15, 0.2) is 5.78 Å². The van der Waals surface area contributed by atoms with Crippen LogP contribution in [0.1, 0.15) is 27.9 Å². The molecule has 0 bridgehead atoms. The molecule has 0 amide bonds. The van der Waals surface area contributed by atoms with Crippen LogP contribution in [0.15, 0.2) is 18.2 Å². The predicted octanol–water partition coefficient (Wildman–Crippen LogP) is 1.40. The molecule has 18 heavy (non-hydrogen) atoms. The van der Waals surface area contributed by atoms with Gasteiger partial charge in [0.1, 0.15) is 0 Å². The van der Waals surface area contributed by atoms with Crippen molar-refractivity contribution in [1.29, 1.82) is 0 Å². The molecule has 1 fully saturated rings. The maximum absolute atomic E-state index is 12.6. The number of carbonyl (C=O) groups is 1. The van der Waals surface area contributed by atoms with E-state index in [0.717, 1.165) is 44.6 Å². The number of rotatable bonds is 1. The molecule has 1 aliphatic heterocycles. The molecule has 0 saturated carbocycles. The highest BCUT2D eigenvalue weighted by molar-refractivity contribution is 6.02. The Morgan fingerprint density at radius 1 is 1.28 bits per heavy atom. The molecule has 3 rings (SSSR count). The van der Waals surface area contributed by atoms with Crippen LogP contribution in [0.25, 0.3) is 0 Å². The van der Waals surface area contributed by atoms with E-state index < -0.39 is 0 Å². The minimum atomic E-state index is 0.112. The van der Waals surface area contributed by atoms with Crippen LogP contribution in [0.5, 0.6) is 0 Å². The molecule has 0 radical (unpaired) electrons. The van der Waals surface area contributed by atoms with E-state index in [1.165, 1.54) is 11.1 Å². The molecule has 96 valence electrons. The van der Waals surface area contributed by atoms with E-state index in [1.54, 1.807) is 0 Å². The van der Waals surface area contributed by atoms with E-state index in [4.69, 9.17) is 0 Å². The molecule has 1 heterocycles. The van der Waals surface area contributed by atoms with Crippen molar-refractivity contribution < 1.29 is 4.79 Å². The monoisotopic (exact) mass is 244 g/mol. The van der Waals surface area contributed by atoms with Crippen LogP contribution in [0.3, 0.4) is 0 Å². The Morgan fingerprint density at radius 2 is 2.06 bits per heavy atom. The first-order chi connectivity index (χ1) is 8.77. The zero-order valence-corrected chi connectivity index (χ0v) is 10.9. The van der Waals surface area contributed by atoms with Crippen molar-refractivity contribution in [3.8, 4) is 0 Å². The van der Waals surface area contributed by atoms with E-state index in [9.17, 15) is 4.79 Å². The Balaban J connectivity index is 1.87. The molecule has 3 nitrogen and oxygen atoms in total. The quantitative estimate of drug-likeness (QED) is 0.810. The largest absolute Gasteiger partial charge is 0.314 e. The Morgan fingerprint density at radius 3 is 2.83 bits per heavy atom. The van der Waals surface area contributed by atoms with Gasteiger partial charge in [0.25, 0.3) is 0 Å². The van der Waals surface area contributed by atoms with E-state index in [2.05, 4.69) is 23.2 Å². The summed E-state index contributed by atoms with van der Waals surface area (Å²) in [6.07, 6.45) is 2.03. The van der Waals surface area contributed by atoms with Gasteiger partial charge in [0.2, 0.25) is 0 Å². The Labute approximate surface area is 108 Å². The molecular formula is C15H20N2O. The highest BCUT2D eigenvalue weighted by Crippen LogP contribution is 2.27. The van der Waals surface area contributed by atoms with Crippen LogP contribution in [0.4, 0.5) is 0 Å². The first kappa shape index (κ1) is 11.9. The third-order valence-electron chi connectivity index (χ3n) is 4.24. The average molecular weight is 244 g/mol. The van der Waals surface area contributed by atoms with E-state index >= 15 is 0 Å². The van der Waals surface area contributed by atoms with Crippen LogP contribution < -0.4 is 5.32 Å². The lowest BCUT2D eigenvalue weighted by Crippen LogP contribution is -2.52. The minimum absolute atomic E-state index is 0.112. The van der Waals surface area contributed by atoms with Crippen LogP contribution >= 0.6 is 0 Å². The van der Waals surface area contributed by atoms with Gasteiger partial charge in [-0.25, -0.2) is 0 Å². The molecule has 1 saturated heterocycles. The Hall–Kier alpha value is -1.19. The Kier molecular flexibility index (Phi) is 3.18. The molecule has 1 aromatic carbocycles. The van der Waals surface area contributed by atoms with Crippen LogP contribution in [0, 0.1) is 6.92 Å². The molecular weight excluding hydrogens is 224 g/mol. The zero-order chi connectivity index (χ0) is 12.5. The van der Waals surface area contributed by atoms with Crippen LogP contribution in [0.2, 0.25) is 0 Å². The van der Waals surface area contributed by atoms with Crippen molar-refractivity contribution in [3.05, 3.63) is 34.9 Å². The summed E-state index contributed by atoms with van der Waals surface area (Å²) in [5.74, 6) is 0.335. The summed E-state index contributed by atoms with van der Waals surface area (Å²) in [6, 6.07) is 6.23. The van der Waals surface area contributed by atoms with Gasteiger partial charge in [0, 0.05) is 31.7 Å². The van der Waals surface area contributed by atoms with Gasteiger partial charge >= 0.3 is 0 Å². The van der Waals surface area contributed by atoms with E-state index in [0.29, 0.717) is 5.78 Å². The summed E-state index contributed by atoms with van der Waals surface area (Å²) in [5.41, 5.74) is 3.50. The van der Waals surface area contributed by atoms with E-state index in [-0.39, 0.29) is 6.04 Å². The first-order valence-electron chi connectivity index (χ1n) is 6.85. The number of Topliss-reactive ketones (excluding diaryl/α,β-unsaturated/α-hetero) is 1. The number of aryl methyl sites for hydroxylation is 1. The number of nitrogens with one attached hydrogen (secondary N) is 1. The van der Waals surface area contributed by atoms with Gasteiger partial charge in [-0.2, -0.15) is 0 Å². The third-order valence-corrected chi connectivity index (χ3v) is 4.24. The zero-order valence-electron chi connectivity index (χ0n) is 10.9. The number of ketones is 1. The van der Waals surface area contributed by atoms with Crippen molar-refractivity contribution in [2.45, 2.75) is 25.8 Å². The molecule has 1 N–H and O–H groups in total. The maximum atomic E-state index is 12.6. The van der Waals surface area contributed by atoms with Crippen LogP contribution in [-0.2, 0) is 6.42 Å². The summed E-state index contributed by atoms with van der Waals surface area (Å²) in [5, 5.41) is 3.34. The van der Waals surface area contributed by atoms with Crippen LogP contribution in [-0.4, -0.2) is 42.9 Å². The summed E-state index contributed by atoms with van der Waals surface area (Å²) in [6.45, 7) is 6.11. The lowest BCUT2D eigenvalue weighted by molar-refractivity contribution is 0.0766. The fourth-order valence-electron chi connectivity index (χ4n) is 3.20. The highest BCUT2D eigenvalue weighted by Gasteiger charge is 2.32. The second-order valence-electron chi connectivity index (χ2n) is 5.31. The van der Waals surface area contributed by atoms with E-state index in [1.807, 2.05) is 12.1 Å². The summed E-state index contributed by atoms with van der Waals surface area (Å²) in [4.78, 5) is 15.0. The number of benzene rings is 1. The fraction of sp³-hybridized carbons (Fsp3) is 0.533. The predicted molar refractivity (Wildman–Crippen MR) is 72.1 cm³/mol. The summed E-state index contributed by atoms with van der Waals surface area (Å²) < 4.78 is 0. The smallest absolute Gasteiger partial charge is 0.180 e. The van der Waals surface area contributed by atoms with Crippen molar-refractivity contribution >= 4 is 5.78 Å². The maximum Gasteiger partial charge on any atom is 0.180 e. The third kappa shape index (κ3) is 1.98. The summed E-state index contributed by atoms with van der Waals surface area (Å²) >= 11 is 0. The molecule has 3 heteroatoms. The second-order valence-corrected chi connectivity index (χ2v) is 5.31. The minimum Gasteiger partial charge on any atom is -0.314 e. The normalized spacial score (nSPS) is 24.9. The number of fused-ring (bicyclic) bond motifs is 1. The van der Waals surface area contributed by atoms with Gasteiger partial charge in [-0.1, -0.05) is 18.2 Å². The number of hydrogen-bond acceptors (Lipinski definition) is 3. The standard InChI is InChI=1S/C15H20N2O/c1-11-3-2-4-13-12(11)5-6-14(15(13)18)17-9-7-16-8-10-17/h2-4,14,16H,5-10H2,1H3. The molecule has 0 spiro atoms. The topological polar surface area (TPSA) is 32.3 Å². The highest BCUT2D eigenvalue weighted by atomic mass is 16.1. The first-order valence-corrected chi connectivity index (χ1v) is 6.85. The molecule has 1 aromatic rings. The molecule has 2 aliphatic rings. The van der Waals surface area contributed by atoms with Gasteiger partial charge in [-0.3, -0.25) is 9.69 Å². The molecule has 0 aromatic heterocycles. The second kappa shape index (κ2) is 4.82. The SMILES string of the molecule is Cc1cccc2c1CCC(N1CCNCC1)C2=O. The molecule has 1 aliphatic carbocycles. The lowest BCUT2D eigenvalue weighted by Gasteiger charge is -2.36. The van der Waals surface area contributed by atoms with Gasteiger partial charge in [0.05, 0.1) is 6.04 Å². The van der Waals surface area contributed by atoms with Gasteiger partial charge in [-0.15, -0.1) is 0 Å². The fourth-order valence-corrected chi connectivity index (χ4v) is 3.20. The van der Waals surface area contributed by atoms with Crippen molar-refractivity contribution in [3.63, 3.8) is 0 Å². The number of nitrogens with zero attached hydrogens (tertiary/aromatic N) is 1. The Bertz CT molecular complexity index is 464. The number of carbonyl (C=O) groups excluding carboxylic acids is 1. The van der Waals surface area contributed by atoms with Gasteiger partial charge in [-0.05, 0) is 30.9 Å². The van der Waals surface area contributed by atoms with Gasteiger partial charge < -0.3 is 5.32 Å². The molecule has 1 atom stereocenters. The number of piperazine rings is 1. The van der Waals surface area contributed by atoms with Crippen molar-refractivity contribution in [1.82, 2.24) is 10.2 Å². The number of hydrogen-bond donors (Lipinski definition) is 1. The average Bonchev–Trinajstić information content (AvgIpc) is 2.41. The van der Waals surface area contributed by atoms with Crippen molar-refractivity contribution in [2.75, 3.05) is 26.2 Å². The molecule has 1 unspecified atom stereocenters. The lowest BCUT2D eigenvalue weighted by atomic mass is 9.84. The van der Waals surface area contributed by atoms with Crippen molar-refractivity contribution in [2.24, 2.45) is 0 Å².